The number of rotatable bonds is 2. The molecule has 1 N–H and O–H groups in total. The van der Waals surface area contributed by atoms with Crippen LogP contribution in [0.2, 0.25) is 0 Å². The summed E-state index contributed by atoms with van der Waals surface area (Å²) in [5, 5.41) is 2.46. The third-order valence-corrected chi connectivity index (χ3v) is 3.41. The maximum atomic E-state index is 11.5. The van der Waals surface area contributed by atoms with Gasteiger partial charge in [-0.05, 0) is 50.9 Å². The lowest BCUT2D eigenvalue weighted by Crippen LogP contribution is -2.25. The van der Waals surface area contributed by atoms with Crippen molar-refractivity contribution in [1.82, 2.24) is 0 Å². The molecule has 0 aliphatic carbocycles. The summed E-state index contributed by atoms with van der Waals surface area (Å²) in [5.41, 5.74) is 0.478. The van der Waals surface area contributed by atoms with Crippen molar-refractivity contribution in [3.05, 3.63) is 25.6 Å². The molecule has 0 atom stereocenters. The van der Waals surface area contributed by atoms with Gasteiger partial charge in [0.2, 0.25) is 0 Å². The Hall–Kier alpha value is -0.400. The quantitative estimate of drug-likeness (QED) is 0.578. The predicted molar refractivity (Wildman–Crippen MR) is 74.8 cm³/mol. The fraction of sp³-hybridized carbons (Fsp3) is 0.200. The van der Waals surface area contributed by atoms with E-state index in [1.165, 1.54) is 0 Å². The van der Waals surface area contributed by atoms with Gasteiger partial charge < -0.3 is 10.1 Å². The molecule has 0 bridgehead atoms. The molecule has 1 aromatic rings. The highest BCUT2D eigenvalue weighted by Crippen LogP contribution is 2.34. The van der Waals surface area contributed by atoms with E-state index in [1.54, 1.807) is 19.1 Å². The summed E-state index contributed by atoms with van der Waals surface area (Å²) in [4.78, 5) is 22.6. The second kappa shape index (κ2) is 6.51. The average Bonchev–Trinajstić information content (AvgIpc) is 2.23. The Morgan fingerprint density at radius 2 is 1.76 bits per heavy atom. The molecule has 0 radical (unpaired) electrons. The van der Waals surface area contributed by atoms with Crippen LogP contribution in [0.1, 0.15) is 6.92 Å². The largest absolute Gasteiger partial charge is 0.459 e. The molecule has 1 aromatic carbocycles. The lowest BCUT2D eigenvalue weighted by atomic mass is 10.3. The van der Waals surface area contributed by atoms with Gasteiger partial charge in [0.25, 0.3) is 0 Å². The Bertz CT molecular complexity index is 439. The minimum absolute atomic E-state index is 0.162. The molecular formula is C10H8Br3NO3. The number of halogens is 3. The average molecular weight is 430 g/mol. The van der Waals surface area contributed by atoms with Crippen molar-refractivity contribution in [3.63, 3.8) is 0 Å². The normalized spacial score (nSPS) is 9.88. The topological polar surface area (TPSA) is 55.4 Å². The molecule has 0 heterocycles. The van der Waals surface area contributed by atoms with E-state index in [0.717, 1.165) is 4.47 Å². The Kier molecular flexibility index (Phi) is 5.61. The molecule has 17 heavy (non-hydrogen) atoms. The van der Waals surface area contributed by atoms with Gasteiger partial charge in [-0.2, -0.15) is 0 Å². The molecule has 1 amide bonds. The lowest BCUT2D eigenvalue weighted by molar-refractivity contribution is -0.152. The molecule has 0 spiro atoms. The third-order valence-electron chi connectivity index (χ3n) is 1.71. The molecule has 4 nitrogen and oxygen atoms in total. The second-order valence-electron chi connectivity index (χ2n) is 2.92. The summed E-state index contributed by atoms with van der Waals surface area (Å²) in [6, 6.07) is 3.51. The van der Waals surface area contributed by atoms with E-state index in [9.17, 15) is 9.59 Å². The second-order valence-corrected chi connectivity index (χ2v) is 5.54. The number of benzene rings is 1. The zero-order valence-electron chi connectivity index (χ0n) is 8.72. The van der Waals surface area contributed by atoms with E-state index >= 15 is 0 Å². The van der Waals surface area contributed by atoms with E-state index < -0.39 is 11.9 Å². The van der Waals surface area contributed by atoms with E-state index in [0.29, 0.717) is 14.6 Å². The maximum absolute atomic E-state index is 11.5. The standard InChI is InChI=1S/C10H8Br3NO3/c1-2-17-10(16)9(15)14-8-6(12)3-5(11)4-7(8)13/h3-4H,2H2,1H3,(H,14,15). The van der Waals surface area contributed by atoms with Crippen LogP contribution in [-0.2, 0) is 14.3 Å². The van der Waals surface area contributed by atoms with Crippen molar-refractivity contribution in [2.75, 3.05) is 11.9 Å². The van der Waals surface area contributed by atoms with Crippen molar-refractivity contribution in [3.8, 4) is 0 Å². The van der Waals surface area contributed by atoms with Gasteiger partial charge in [-0.3, -0.25) is 4.79 Å². The first-order valence-corrected chi connectivity index (χ1v) is 6.96. The van der Waals surface area contributed by atoms with Gasteiger partial charge in [-0.25, -0.2) is 4.79 Å². The molecule has 0 saturated heterocycles. The Morgan fingerprint density at radius 1 is 1.24 bits per heavy atom. The highest BCUT2D eigenvalue weighted by Gasteiger charge is 2.17. The number of amides is 1. The number of anilines is 1. The molecular weight excluding hydrogens is 422 g/mol. The summed E-state index contributed by atoms with van der Waals surface area (Å²) >= 11 is 9.88. The monoisotopic (exact) mass is 427 g/mol. The van der Waals surface area contributed by atoms with Crippen molar-refractivity contribution in [2.45, 2.75) is 6.92 Å². The molecule has 0 saturated carbocycles. The highest BCUT2D eigenvalue weighted by molar-refractivity contribution is 9.11. The summed E-state index contributed by atoms with van der Waals surface area (Å²) in [5.74, 6) is -1.72. The summed E-state index contributed by atoms with van der Waals surface area (Å²) in [6.45, 7) is 1.80. The van der Waals surface area contributed by atoms with Gasteiger partial charge in [0, 0.05) is 13.4 Å². The van der Waals surface area contributed by atoms with Crippen LogP contribution in [0.15, 0.2) is 25.6 Å². The Labute approximate surface area is 123 Å². The number of hydrogen-bond donors (Lipinski definition) is 1. The van der Waals surface area contributed by atoms with Crippen molar-refractivity contribution in [1.29, 1.82) is 0 Å². The molecule has 0 aliphatic rings. The Balaban J connectivity index is 2.89. The summed E-state index contributed by atoms with van der Waals surface area (Å²) in [6.07, 6.45) is 0. The van der Waals surface area contributed by atoms with Crippen LogP contribution < -0.4 is 5.32 Å². The van der Waals surface area contributed by atoms with E-state index in [4.69, 9.17) is 0 Å². The van der Waals surface area contributed by atoms with E-state index in [-0.39, 0.29) is 6.61 Å². The molecule has 92 valence electrons. The van der Waals surface area contributed by atoms with Crippen LogP contribution in [0.3, 0.4) is 0 Å². The molecule has 7 heteroatoms. The van der Waals surface area contributed by atoms with Crippen molar-refractivity contribution >= 4 is 65.4 Å². The SMILES string of the molecule is CCOC(=O)C(=O)Nc1c(Br)cc(Br)cc1Br. The lowest BCUT2D eigenvalue weighted by Gasteiger charge is -2.09. The molecule has 0 unspecified atom stereocenters. The summed E-state index contributed by atoms with van der Waals surface area (Å²) < 4.78 is 6.73. The maximum Gasteiger partial charge on any atom is 0.397 e. The van der Waals surface area contributed by atoms with Crippen LogP contribution in [-0.4, -0.2) is 18.5 Å². The predicted octanol–water partition coefficient (Wildman–Crippen LogP) is 3.48. The van der Waals surface area contributed by atoms with E-state index in [2.05, 4.69) is 57.8 Å². The number of carbonyl (C=O) groups is 2. The van der Waals surface area contributed by atoms with Crippen molar-refractivity contribution in [2.24, 2.45) is 0 Å². The van der Waals surface area contributed by atoms with Gasteiger partial charge in [0.1, 0.15) is 0 Å². The number of hydrogen-bond acceptors (Lipinski definition) is 3. The van der Waals surface area contributed by atoms with Gasteiger partial charge in [0.05, 0.1) is 12.3 Å². The van der Waals surface area contributed by atoms with Crippen LogP contribution in [0, 0.1) is 0 Å². The smallest absolute Gasteiger partial charge is 0.397 e. The van der Waals surface area contributed by atoms with Crippen LogP contribution >= 0.6 is 47.8 Å². The van der Waals surface area contributed by atoms with Crippen molar-refractivity contribution < 1.29 is 14.3 Å². The number of nitrogens with one attached hydrogen (secondary N) is 1. The van der Waals surface area contributed by atoms with Crippen LogP contribution in [0.25, 0.3) is 0 Å². The van der Waals surface area contributed by atoms with Gasteiger partial charge in [-0.15, -0.1) is 0 Å². The first-order chi connectivity index (χ1) is 7.95. The third kappa shape index (κ3) is 4.08. The highest BCUT2D eigenvalue weighted by atomic mass is 79.9. The minimum atomic E-state index is -0.908. The van der Waals surface area contributed by atoms with Gasteiger partial charge in [-0.1, -0.05) is 15.9 Å². The fourth-order valence-electron chi connectivity index (χ4n) is 1.02. The minimum Gasteiger partial charge on any atom is -0.459 e. The van der Waals surface area contributed by atoms with Gasteiger partial charge in [0.15, 0.2) is 0 Å². The molecule has 0 fully saturated rings. The molecule has 0 aromatic heterocycles. The summed E-state index contributed by atoms with van der Waals surface area (Å²) in [7, 11) is 0. The van der Waals surface area contributed by atoms with Crippen LogP contribution in [0.5, 0.6) is 0 Å². The number of carbonyl (C=O) groups excluding carboxylic acids is 2. The van der Waals surface area contributed by atoms with Gasteiger partial charge >= 0.3 is 11.9 Å². The zero-order chi connectivity index (χ0) is 13.0. The Morgan fingerprint density at radius 3 is 2.24 bits per heavy atom. The zero-order valence-corrected chi connectivity index (χ0v) is 13.5. The first kappa shape index (κ1) is 14.7. The number of ether oxygens (including phenoxy) is 1. The van der Waals surface area contributed by atoms with Crippen LogP contribution in [0.4, 0.5) is 5.69 Å². The molecule has 0 aliphatic heterocycles. The first-order valence-electron chi connectivity index (χ1n) is 4.58. The molecule has 1 rings (SSSR count). The van der Waals surface area contributed by atoms with E-state index in [1.807, 2.05) is 0 Å². The number of esters is 1. The fourth-order valence-corrected chi connectivity index (χ4v) is 3.48.